The van der Waals surface area contributed by atoms with Gasteiger partial charge in [-0.2, -0.15) is 0 Å². The highest BCUT2D eigenvalue weighted by atomic mass is 16.6. The van der Waals surface area contributed by atoms with E-state index in [0.717, 1.165) is 0 Å². The summed E-state index contributed by atoms with van der Waals surface area (Å²) in [6.07, 6.45) is 0.00777. The molecule has 2 amide bonds. The van der Waals surface area contributed by atoms with Crippen molar-refractivity contribution in [2.24, 2.45) is 5.92 Å². The molecule has 146 valence electrons. The maximum absolute atomic E-state index is 12.6. The molecule has 0 spiro atoms. The molecule has 3 rings (SSSR count). The summed E-state index contributed by atoms with van der Waals surface area (Å²) in [5.74, 6) is -0.474. The van der Waals surface area contributed by atoms with Crippen LogP contribution in [0.25, 0.3) is 0 Å². The van der Waals surface area contributed by atoms with Gasteiger partial charge in [-0.15, -0.1) is 0 Å². The lowest BCUT2D eigenvalue weighted by molar-refractivity contribution is -0.384. The van der Waals surface area contributed by atoms with Crippen molar-refractivity contribution in [1.82, 2.24) is 0 Å². The second-order valence-corrected chi connectivity index (χ2v) is 6.21. The SMILES string of the molecule is COc1ccc(NC(=O)C2CC(=O)N(c3ccccc3OC)C2)c([N+](=O)[O-])c1. The van der Waals surface area contributed by atoms with E-state index < -0.39 is 16.7 Å². The minimum Gasteiger partial charge on any atom is -0.496 e. The molecule has 0 radical (unpaired) electrons. The van der Waals surface area contributed by atoms with E-state index in [1.54, 1.807) is 24.3 Å². The first-order chi connectivity index (χ1) is 13.4. The molecule has 1 aliphatic heterocycles. The first-order valence-electron chi connectivity index (χ1n) is 8.51. The van der Waals surface area contributed by atoms with Gasteiger partial charge in [0.05, 0.1) is 36.8 Å². The van der Waals surface area contributed by atoms with Crippen molar-refractivity contribution in [2.45, 2.75) is 6.42 Å². The first kappa shape index (κ1) is 19.2. The van der Waals surface area contributed by atoms with Crippen LogP contribution in [0.15, 0.2) is 42.5 Å². The summed E-state index contributed by atoms with van der Waals surface area (Å²) in [5.41, 5.74) is 0.360. The summed E-state index contributed by atoms with van der Waals surface area (Å²) in [7, 11) is 2.90. The number of amides is 2. The molecular weight excluding hydrogens is 366 g/mol. The molecule has 1 N–H and O–H groups in total. The third-order valence-electron chi connectivity index (χ3n) is 4.53. The van der Waals surface area contributed by atoms with Crippen LogP contribution in [0.1, 0.15) is 6.42 Å². The molecule has 1 fully saturated rings. The Kier molecular flexibility index (Phi) is 5.44. The normalized spacial score (nSPS) is 16.0. The van der Waals surface area contributed by atoms with Crippen LogP contribution in [-0.2, 0) is 9.59 Å². The van der Waals surface area contributed by atoms with Gasteiger partial charge in [0.2, 0.25) is 11.8 Å². The summed E-state index contributed by atoms with van der Waals surface area (Å²) in [4.78, 5) is 37.2. The van der Waals surface area contributed by atoms with E-state index in [-0.39, 0.29) is 30.2 Å². The molecule has 0 saturated carbocycles. The van der Waals surface area contributed by atoms with Crippen LogP contribution in [0.3, 0.4) is 0 Å². The summed E-state index contributed by atoms with van der Waals surface area (Å²) < 4.78 is 10.3. The van der Waals surface area contributed by atoms with Crippen LogP contribution in [0, 0.1) is 16.0 Å². The van der Waals surface area contributed by atoms with Crippen molar-refractivity contribution < 1.29 is 24.0 Å². The average Bonchev–Trinajstić information content (AvgIpc) is 3.09. The number of hydrogen-bond acceptors (Lipinski definition) is 6. The lowest BCUT2D eigenvalue weighted by Gasteiger charge is -2.19. The second kappa shape index (κ2) is 7.95. The van der Waals surface area contributed by atoms with Gasteiger partial charge in [-0.1, -0.05) is 12.1 Å². The fourth-order valence-electron chi connectivity index (χ4n) is 3.10. The minimum atomic E-state index is -0.640. The molecule has 9 nitrogen and oxygen atoms in total. The van der Waals surface area contributed by atoms with Crippen molar-refractivity contribution in [2.75, 3.05) is 31.0 Å². The van der Waals surface area contributed by atoms with E-state index in [2.05, 4.69) is 5.32 Å². The van der Waals surface area contributed by atoms with Gasteiger partial charge in [0.25, 0.3) is 5.69 Å². The topological polar surface area (TPSA) is 111 Å². The van der Waals surface area contributed by atoms with Crippen LogP contribution in [0.2, 0.25) is 0 Å². The number of hydrogen-bond donors (Lipinski definition) is 1. The number of nitrogens with zero attached hydrogens (tertiary/aromatic N) is 2. The fourth-order valence-corrected chi connectivity index (χ4v) is 3.10. The van der Waals surface area contributed by atoms with Gasteiger partial charge in [-0.05, 0) is 24.3 Å². The first-order valence-corrected chi connectivity index (χ1v) is 8.51. The average molecular weight is 385 g/mol. The summed E-state index contributed by atoms with van der Waals surface area (Å²) in [5, 5.41) is 13.8. The molecule has 1 heterocycles. The van der Waals surface area contributed by atoms with Gasteiger partial charge in [0, 0.05) is 13.0 Å². The van der Waals surface area contributed by atoms with E-state index in [0.29, 0.717) is 17.2 Å². The van der Waals surface area contributed by atoms with E-state index in [1.165, 1.54) is 37.3 Å². The van der Waals surface area contributed by atoms with Gasteiger partial charge in [-0.25, -0.2) is 0 Å². The van der Waals surface area contributed by atoms with Crippen LogP contribution in [0.5, 0.6) is 11.5 Å². The number of carbonyl (C=O) groups is 2. The van der Waals surface area contributed by atoms with Gasteiger partial charge >= 0.3 is 0 Å². The largest absolute Gasteiger partial charge is 0.496 e. The standard InChI is InChI=1S/C19H19N3O6/c1-27-13-7-8-14(16(10-13)22(25)26)20-19(24)12-9-18(23)21(11-12)15-5-3-4-6-17(15)28-2/h3-8,10,12H,9,11H2,1-2H3,(H,20,24). The summed E-state index contributed by atoms with van der Waals surface area (Å²) >= 11 is 0. The molecule has 9 heteroatoms. The molecule has 1 atom stereocenters. The molecule has 0 bridgehead atoms. The van der Waals surface area contributed by atoms with E-state index in [9.17, 15) is 19.7 Å². The number of nitro benzene ring substituents is 1. The Morgan fingerprint density at radius 1 is 1.21 bits per heavy atom. The van der Waals surface area contributed by atoms with E-state index in [1.807, 2.05) is 0 Å². The van der Waals surface area contributed by atoms with Crippen molar-refractivity contribution in [3.8, 4) is 11.5 Å². The highest BCUT2D eigenvalue weighted by Gasteiger charge is 2.36. The Morgan fingerprint density at radius 3 is 2.64 bits per heavy atom. The van der Waals surface area contributed by atoms with Crippen LogP contribution < -0.4 is 19.7 Å². The Bertz CT molecular complexity index is 930. The third-order valence-corrected chi connectivity index (χ3v) is 4.53. The quantitative estimate of drug-likeness (QED) is 0.604. The fraction of sp³-hybridized carbons (Fsp3) is 0.263. The van der Waals surface area contributed by atoms with E-state index >= 15 is 0 Å². The van der Waals surface area contributed by atoms with Crippen LogP contribution in [0.4, 0.5) is 17.1 Å². The van der Waals surface area contributed by atoms with Gasteiger partial charge in [0.15, 0.2) is 0 Å². The highest BCUT2D eigenvalue weighted by Crippen LogP contribution is 2.34. The Balaban J connectivity index is 1.78. The number of carbonyl (C=O) groups excluding carboxylic acids is 2. The zero-order valence-corrected chi connectivity index (χ0v) is 15.4. The van der Waals surface area contributed by atoms with Crippen molar-refractivity contribution in [3.05, 3.63) is 52.6 Å². The number of anilines is 2. The number of nitrogens with one attached hydrogen (secondary N) is 1. The zero-order chi connectivity index (χ0) is 20.3. The number of benzene rings is 2. The predicted molar refractivity (Wildman–Crippen MR) is 102 cm³/mol. The molecule has 0 aliphatic carbocycles. The summed E-state index contributed by atoms with van der Waals surface area (Å²) in [6.45, 7) is 0.162. The third kappa shape index (κ3) is 3.73. The summed E-state index contributed by atoms with van der Waals surface area (Å²) in [6, 6.07) is 11.2. The number of methoxy groups -OCH3 is 2. The molecule has 2 aromatic carbocycles. The van der Waals surface area contributed by atoms with Gasteiger partial charge < -0.3 is 19.7 Å². The molecular formula is C19H19N3O6. The van der Waals surface area contributed by atoms with Crippen molar-refractivity contribution in [1.29, 1.82) is 0 Å². The van der Waals surface area contributed by atoms with Crippen LogP contribution >= 0.6 is 0 Å². The molecule has 1 unspecified atom stereocenters. The predicted octanol–water partition coefficient (Wildman–Crippen LogP) is 2.60. The highest BCUT2D eigenvalue weighted by molar-refractivity contribution is 6.04. The monoisotopic (exact) mass is 385 g/mol. The Hall–Kier alpha value is -3.62. The molecule has 2 aromatic rings. The smallest absolute Gasteiger partial charge is 0.296 e. The molecule has 28 heavy (non-hydrogen) atoms. The number of rotatable bonds is 6. The molecule has 0 aromatic heterocycles. The van der Waals surface area contributed by atoms with Crippen LogP contribution in [-0.4, -0.2) is 37.5 Å². The number of nitro groups is 1. The van der Waals surface area contributed by atoms with Gasteiger partial charge in [0.1, 0.15) is 17.2 Å². The Morgan fingerprint density at radius 2 is 1.96 bits per heavy atom. The number of ether oxygens (including phenoxy) is 2. The van der Waals surface area contributed by atoms with Crippen molar-refractivity contribution >= 4 is 28.9 Å². The number of para-hydroxylation sites is 2. The zero-order valence-electron chi connectivity index (χ0n) is 15.4. The maximum Gasteiger partial charge on any atom is 0.296 e. The lowest BCUT2D eigenvalue weighted by Crippen LogP contribution is -2.28. The maximum atomic E-state index is 12.6. The minimum absolute atomic E-state index is 0.00777. The molecule has 1 aliphatic rings. The van der Waals surface area contributed by atoms with Gasteiger partial charge in [-0.3, -0.25) is 19.7 Å². The Labute approximate surface area is 161 Å². The lowest BCUT2D eigenvalue weighted by atomic mass is 10.1. The van der Waals surface area contributed by atoms with E-state index in [4.69, 9.17) is 9.47 Å². The second-order valence-electron chi connectivity index (χ2n) is 6.21. The molecule has 1 saturated heterocycles. The van der Waals surface area contributed by atoms with Crippen molar-refractivity contribution in [3.63, 3.8) is 0 Å².